The van der Waals surface area contributed by atoms with E-state index in [0.717, 1.165) is 29.1 Å². The van der Waals surface area contributed by atoms with Gasteiger partial charge in [-0.3, -0.25) is 24.2 Å². The minimum Gasteiger partial charge on any atom is -0.444 e. The van der Waals surface area contributed by atoms with Crippen molar-refractivity contribution >= 4 is 29.8 Å². The number of likely N-dealkylation sites (tertiary alicyclic amines) is 2. The van der Waals surface area contributed by atoms with E-state index in [1.165, 1.54) is 0 Å². The van der Waals surface area contributed by atoms with E-state index in [-0.39, 0.29) is 24.5 Å². The van der Waals surface area contributed by atoms with Gasteiger partial charge in [0, 0.05) is 31.7 Å². The van der Waals surface area contributed by atoms with Crippen molar-refractivity contribution in [1.82, 2.24) is 24.9 Å². The van der Waals surface area contributed by atoms with Gasteiger partial charge >= 0.3 is 23.9 Å². The van der Waals surface area contributed by atoms with Crippen LogP contribution in [-0.2, 0) is 19.1 Å². The number of ether oxygens (including phenoxy) is 1. The summed E-state index contributed by atoms with van der Waals surface area (Å²) in [6.45, 7) is 10.9. The number of carbonyl (C=O) groups is 5. The topological polar surface area (TPSA) is 120 Å². The summed E-state index contributed by atoms with van der Waals surface area (Å²) in [6.07, 6.45) is 2.60. The number of hydrogen-bond acceptors (Lipinski definition) is 7. The van der Waals surface area contributed by atoms with Crippen molar-refractivity contribution in [2.24, 2.45) is 5.92 Å². The number of urea groups is 1. The Hall–Kier alpha value is -2.69. The van der Waals surface area contributed by atoms with Gasteiger partial charge in [-0.1, -0.05) is 0 Å². The van der Waals surface area contributed by atoms with Gasteiger partial charge in [0.15, 0.2) is 0 Å². The molecule has 11 nitrogen and oxygen atoms in total. The lowest BCUT2D eigenvalue weighted by Crippen LogP contribution is -2.54. The summed E-state index contributed by atoms with van der Waals surface area (Å²) in [5.74, 6) is -2.02. The largest absolute Gasteiger partial charge is 0.444 e. The maximum atomic E-state index is 13.0. The molecular weight excluding hydrogens is 442 g/mol. The number of nitrogens with zero attached hydrogens (tertiary/aromatic N) is 4. The van der Waals surface area contributed by atoms with Crippen LogP contribution in [0.25, 0.3) is 0 Å². The van der Waals surface area contributed by atoms with Crippen LogP contribution in [0.15, 0.2) is 0 Å². The summed E-state index contributed by atoms with van der Waals surface area (Å²) in [5, 5.41) is 3.08. The van der Waals surface area contributed by atoms with Crippen molar-refractivity contribution in [2.45, 2.75) is 78.0 Å². The second-order valence-electron chi connectivity index (χ2n) is 10.6. The van der Waals surface area contributed by atoms with Crippen LogP contribution >= 0.6 is 0 Å². The lowest BCUT2D eigenvalue weighted by molar-refractivity contribution is -0.144. The van der Waals surface area contributed by atoms with Crippen molar-refractivity contribution in [3.63, 3.8) is 0 Å². The number of piperidine rings is 2. The first kappa shape index (κ1) is 25.9. The summed E-state index contributed by atoms with van der Waals surface area (Å²) in [7, 11) is 0. The molecule has 3 fully saturated rings. The highest BCUT2D eigenvalue weighted by Gasteiger charge is 2.46. The molecule has 34 heavy (non-hydrogen) atoms. The fraction of sp³-hybridized carbons (Fsp3) is 0.783. The summed E-state index contributed by atoms with van der Waals surface area (Å²) in [5.41, 5.74) is -0.591. The van der Waals surface area contributed by atoms with Crippen molar-refractivity contribution in [3.8, 4) is 0 Å². The monoisotopic (exact) mass is 479 g/mol. The van der Waals surface area contributed by atoms with Gasteiger partial charge < -0.3 is 15.0 Å². The van der Waals surface area contributed by atoms with Crippen LogP contribution < -0.4 is 5.32 Å². The Bertz CT molecular complexity index is 838. The van der Waals surface area contributed by atoms with E-state index in [1.54, 1.807) is 18.7 Å². The number of imide groups is 2. The predicted molar refractivity (Wildman–Crippen MR) is 122 cm³/mol. The van der Waals surface area contributed by atoms with Crippen LogP contribution in [0.2, 0.25) is 0 Å². The molecule has 0 aromatic rings. The van der Waals surface area contributed by atoms with Crippen molar-refractivity contribution < 1.29 is 28.7 Å². The normalized spacial score (nSPS) is 24.8. The lowest BCUT2D eigenvalue weighted by Gasteiger charge is -2.37. The van der Waals surface area contributed by atoms with Crippen LogP contribution in [0.4, 0.5) is 9.59 Å². The Labute approximate surface area is 200 Å². The van der Waals surface area contributed by atoms with Gasteiger partial charge in [0.1, 0.15) is 5.60 Å². The SMILES string of the molecule is CC(C)N1C(=O)C(=O)N(CN2CCC[C@@H](NC(=O)[C@@H]3CCCN(C(=O)OC(C)(C)C)C3)C2)C1=O. The van der Waals surface area contributed by atoms with Crippen molar-refractivity contribution in [3.05, 3.63) is 0 Å². The first-order valence-electron chi connectivity index (χ1n) is 12.1. The molecule has 11 heteroatoms. The molecule has 0 spiro atoms. The Morgan fingerprint density at radius 3 is 2.32 bits per heavy atom. The van der Waals surface area contributed by atoms with Crippen LogP contribution in [0.1, 0.15) is 60.3 Å². The standard InChI is InChI=1S/C23H37N5O6/c1-15(2)28-20(31)19(30)27(21(28)32)14-25-10-7-9-17(13-25)24-18(29)16-8-6-11-26(12-16)22(33)34-23(3,4)5/h15-17H,6-14H2,1-5H3,(H,24,29)/t16-,17-/m1/s1. The van der Waals surface area contributed by atoms with E-state index in [0.29, 0.717) is 32.6 Å². The highest BCUT2D eigenvalue weighted by molar-refractivity contribution is 6.44. The molecule has 3 aliphatic heterocycles. The number of amides is 6. The van der Waals surface area contributed by atoms with E-state index in [9.17, 15) is 24.0 Å². The van der Waals surface area contributed by atoms with Gasteiger partial charge in [0.05, 0.1) is 12.6 Å². The van der Waals surface area contributed by atoms with Crippen LogP contribution in [0.5, 0.6) is 0 Å². The van der Waals surface area contributed by atoms with Gasteiger partial charge in [0.25, 0.3) is 0 Å². The fourth-order valence-electron chi connectivity index (χ4n) is 4.61. The molecule has 6 amide bonds. The maximum absolute atomic E-state index is 13.0. The molecule has 0 radical (unpaired) electrons. The van der Waals surface area contributed by atoms with Crippen molar-refractivity contribution in [1.29, 1.82) is 0 Å². The lowest BCUT2D eigenvalue weighted by atomic mass is 9.96. The summed E-state index contributed by atoms with van der Waals surface area (Å²) >= 11 is 0. The van der Waals surface area contributed by atoms with E-state index in [4.69, 9.17) is 4.74 Å². The third kappa shape index (κ3) is 6.05. The molecule has 3 heterocycles. The highest BCUT2D eigenvalue weighted by Crippen LogP contribution is 2.21. The molecular formula is C23H37N5O6. The predicted octanol–water partition coefficient (Wildman–Crippen LogP) is 1.37. The third-order valence-electron chi connectivity index (χ3n) is 6.24. The Morgan fingerprint density at radius 1 is 1.03 bits per heavy atom. The fourth-order valence-corrected chi connectivity index (χ4v) is 4.61. The second kappa shape index (κ2) is 10.3. The summed E-state index contributed by atoms with van der Waals surface area (Å²) in [6, 6.07) is -1.12. The Kier molecular flexibility index (Phi) is 7.84. The zero-order valence-corrected chi connectivity index (χ0v) is 20.8. The number of carbonyl (C=O) groups excluding carboxylic acids is 5. The summed E-state index contributed by atoms with van der Waals surface area (Å²) in [4.78, 5) is 67.8. The average Bonchev–Trinajstić information content (AvgIpc) is 2.96. The first-order chi connectivity index (χ1) is 15.9. The van der Waals surface area contributed by atoms with Crippen LogP contribution in [0, 0.1) is 5.92 Å². The molecule has 0 aromatic heterocycles. The quantitative estimate of drug-likeness (QED) is 0.467. The van der Waals surface area contributed by atoms with Gasteiger partial charge in [-0.05, 0) is 66.8 Å². The minimum absolute atomic E-state index is 0.0227. The maximum Gasteiger partial charge on any atom is 0.410 e. The van der Waals surface area contributed by atoms with E-state index in [2.05, 4.69) is 5.32 Å². The first-order valence-corrected chi connectivity index (χ1v) is 12.1. The van der Waals surface area contributed by atoms with E-state index in [1.807, 2.05) is 25.7 Å². The van der Waals surface area contributed by atoms with Gasteiger partial charge in [-0.15, -0.1) is 0 Å². The van der Waals surface area contributed by atoms with Crippen LogP contribution in [-0.4, -0.2) is 100.0 Å². The van der Waals surface area contributed by atoms with Gasteiger partial charge in [-0.25, -0.2) is 14.5 Å². The minimum atomic E-state index is -0.811. The Balaban J connectivity index is 1.53. The average molecular weight is 480 g/mol. The smallest absolute Gasteiger partial charge is 0.410 e. The number of hydrogen-bond donors (Lipinski definition) is 1. The number of nitrogens with one attached hydrogen (secondary N) is 1. The molecule has 0 bridgehead atoms. The molecule has 3 saturated heterocycles. The van der Waals surface area contributed by atoms with Gasteiger partial charge in [0.2, 0.25) is 5.91 Å². The molecule has 1 N–H and O–H groups in total. The van der Waals surface area contributed by atoms with Crippen LogP contribution in [0.3, 0.4) is 0 Å². The molecule has 0 unspecified atom stereocenters. The summed E-state index contributed by atoms with van der Waals surface area (Å²) < 4.78 is 5.44. The zero-order chi connectivity index (χ0) is 25.2. The molecule has 0 aliphatic carbocycles. The molecule has 3 rings (SSSR count). The second-order valence-corrected chi connectivity index (χ2v) is 10.6. The molecule has 3 aliphatic rings. The van der Waals surface area contributed by atoms with E-state index >= 15 is 0 Å². The van der Waals surface area contributed by atoms with Gasteiger partial charge in [-0.2, -0.15) is 0 Å². The molecule has 0 saturated carbocycles. The Morgan fingerprint density at radius 2 is 1.71 bits per heavy atom. The molecule has 190 valence electrons. The zero-order valence-electron chi connectivity index (χ0n) is 20.8. The number of rotatable bonds is 5. The third-order valence-corrected chi connectivity index (χ3v) is 6.24. The molecule has 2 atom stereocenters. The van der Waals surface area contributed by atoms with Crippen molar-refractivity contribution in [2.75, 3.05) is 32.8 Å². The highest BCUT2D eigenvalue weighted by atomic mass is 16.6. The molecule has 0 aromatic carbocycles. The van der Waals surface area contributed by atoms with E-state index < -0.39 is 35.6 Å².